The Balaban J connectivity index is 2.83. The van der Waals surface area contributed by atoms with Crippen molar-refractivity contribution >= 4 is 0 Å². The van der Waals surface area contributed by atoms with E-state index in [0.29, 0.717) is 0 Å². The van der Waals surface area contributed by atoms with E-state index in [9.17, 15) is 0 Å². The first-order valence-corrected chi connectivity index (χ1v) is 3.03. The van der Waals surface area contributed by atoms with Crippen molar-refractivity contribution in [2.24, 2.45) is 0 Å². The van der Waals surface area contributed by atoms with Gasteiger partial charge in [-0.25, -0.2) is 0 Å². The zero-order chi connectivity index (χ0) is 6.24. The van der Waals surface area contributed by atoms with Crippen LogP contribution < -0.4 is 10.6 Å². The molecule has 0 aromatic rings. The van der Waals surface area contributed by atoms with Crippen LogP contribution in [-0.2, 0) is 0 Å². The molecule has 0 rings (SSSR count). The van der Waals surface area contributed by atoms with Gasteiger partial charge in [-0.05, 0) is 13.8 Å². The Labute approximate surface area is 51.0 Å². The molecule has 0 spiro atoms. The molecular formula is C6H14N2. The first-order chi connectivity index (χ1) is 3.91. The van der Waals surface area contributed by atoms with Crippen LogP contribution in [-0.4, -0.2) is 13.1 Å². The summed E-state index contributed by atoms with van der Waals surface area (Å²) in [7, 11) is 0. The second-order valence-corrected chi connectivity index (χ2v) is 1.45. The van der Waals surface area contributed by atoms with Gasteiger partial charge in [-0.2, -0.15) is 0 Å². The Morgan fingerprint density at radius 3 is 1.62 bits per heavy atom. The molecule has 2 nitrogen and oxygen atoms in total. The summed E-state index contributed by atoms with van der Waals surface area (Å²) < 4.78 is 0. The van der Waals surface area contributed by atoms with Crippen LogP contribution in [0.2, 0.25) is 0 Å². The van der Waals surface area contributed by atoms with Gasteiger partial charge in [-0.15, -0.1) is 0 Å². The van der Waals surface area contributed by atoms with E-state index in [0.717, 1.165) is 13.1 Å². The highest BCUT2D eigenvalue weighted by molar-refractivity contribution is 4.74. The van der Waals surface area contributed by atoms with E-state index in [2.05, 4.69) is 24.5 Å². The third kappa shape index (κ3) is 5.34. The smallest absolute Gasteiger partial charge is 0.0124 e. The van der Waals surface area contributed by atoms with Gasteiger partial charge in [-0.3, -0.25) is 0 Å². The van der Waals surface area contributed by atoms with Gasteiger partial charge in [0.25, 0.3) is 0 Å². The van der Waals surface area contributed by atoms with E-state index in [1.54, 1.807) is 0 Å². The summed E-state index contributed by atoms with van der Waals surface area (Å²) in [6.07, 6.45) is 3.81. The van der Waals surface area contributed by atoms with Gasteiger partial charge >= 0.3 is 0 Å². The third-order valence-electron chi connectivity index (χ3n) is 0.727. The number of hydrogen-bond acceptors (Lipinski definition) is 2. The van der Waals surface area contributed by atoms with Crippen molar-refractivity contribution in [3.8, 4) is 0 Å². The highest BCUT2D eigenvalue weighted by atomic mass is 14.9. The van der Waals surface area contributed by atoms with Gasteiger partial charge in [0.05, 0.1) is 0 Å². The van der Waals surface area contributed by atoms with Crippen LogP contribution in [0.15, 0.2) is 12.4 Å². The normalized spacial score (nSPS) is 9.75. The highest BCUT2D eigenvalue weighted by Gasteiger charge is 1.65. The van der Waals surface area contributed by atoms with Crippen LogP contribution in [0.1, 0.15) is 13.8 Å². The predicted octanol–water partition coefficient (Wildman–Crippen LogP) is 0.677. The highest BCUT2D eigenvalue weighted by Crippen LogP contribution is 1.59. The first kappa shape index (κ1) is 7.34. The maximum absolute atomic E-state index is 3.04. The van der Waals surface area contributed by atoms with Crippen molar-refractivity contribution < 1.29 is 0 Å². The molecule has 8 heavy (non-hydrogen) atoms. The molecular weight excluding hydrogens is 100 g/mol. The lowest BCUT2D eigenvalue weighted by Crippen LogP contribution is -2.07. The molecule has 0 amide bonds. The maximum Gasteiger partial charge on any atom is 0.0124 e. The maximum atomic E-state index is 3.04. The minimum Gasteiger partial charge on any atom is -0.390 e. The van der Waals surface area contributed by atoms with Crippen molar-refractivity contribution in [2.75, 3.05) is 13.1 Å². The largest absolute Gasteiger partial charge is 0.390 e. The summed E-state index contributed by atoms with van der Waals surface area (Å²) in [5, 5.41) is 6.08. The second-order valence-electron chi connectivity index (χ2n) is 1.45. The van der Waals surface area contributed by atoms with Crippen molar-refractivity contribution in [2.45, 2.75) is 13.8 Å². The lowest BCUT2D eigenvalue weighted by molar-refractivity contribution is 0.870. The second kappa shape index (κ2) is 6.34. The predicted molar refractivity (Wildman–Crippen MR) is 36.5 cm³/mol. The van der Waals surface area contributed by atoms with E-state index in [1.807, 2.05) is 12.4 Å². The van der Waals surface area contributed by atoms with Crippen LogP contribution in [0.5, 0.6) is 0 Å². The van der Waals surface area contributed by atoms with Gasteiger partial charge in [0.1, 0.15) is 0 Å². The molecule has 0 unspecified atom stereocenters. The van der Waals surface area contributed by atoms with Gasteiger partial charge < -0.3 is 10.6 Å². The standard InChI is InChI=1S/C6H14N2/c1-3-7-5-6-8-4-2/h5-8H,3-4H2,1-2H3. The molecule has 0 fully saturated rings. The first-order valence-electron chi connectivity index (χ1n) is 3.03. The van der Waals surface area contributed by atoms with Crippen molar-refractivity contribution in [1.29, 1.82) is 0 Å². The summed E-state index contributed by atoms with van der Waals surface area (Å²) in [6.45, 7) is 6.11. The Bertz CT molecular complexity index is 51.5. The molecule has 0 aromatic carbocycles. The molecule has 2 N–H and O–H groups in total. The van der Waals surface area contributed by atoms with Gasteiger partial charge in [0.2, 0.25) is 0 Å². The van der Waals surface area contributed by atoms with Gasteiger partial charge in [0.15, 0.2) is 0 Å². The molecule has 0 heterocycles. The minimum absolute atomic E-state index is 0.988. The number of rotatable bonds is 4. The minimum atomic E-state index is 0.988. The van der Waals surface area contributed by atoms with Crippen molar-refractivity contribution in [1.82, 2.24) is 10.6 Å². The summed E-state index contributed by atoms with van der Waals surface area (Å²) in [6, 6.07) is 0. The number of nitrogens with one attached hydrogen (secondary N) is 2. The molecule has 0 bridgehead atoms. The average Bonchev–Trinajstić information content (AvgIpc) is 1.81. The molecule has 0 atom stereocenters. The Kier molecular flexibility index (Phi) is 5.82. The molecule has 48 valence electrons. The molecule has 0 aromatic heterocycles. The van der Waals surface area contributed by atoms with E-state index in [1.165, 1.54) is 0 Å². The topological polar surface area (TPSA) is 24.1 Å². The Hall–Kier alpha value is -0.660. The quantitative estimate of drug-likeness (QED) is 0.561. The van der Waals surface area contributed by atoms with Crippen LogP contribution in [0.4, 0.5) is 0 Å². The fourth-order valence-corrected chi connectivity index (χ4v) is 0.354. The monoisotopic (exact) mass is 114 g/mol. The zero-order valence-corrected chi connectivity index (χ0v) is 5.57. The van der Waals surface area contributed by atoms with Crippen LogP contribution in [0, 0.1) is 0 Å². The molecule has 0 aliphatic carbocycles. The molecule has 0 saturated heterocycles. The fourth-order valence-electron chi connectivity index (χ4n) is 0.354. The van der Waals surface area contributed by atoms with Crippen LogP contribution in [0.25, 0.3) is 0 Å². The molecule has 0 saturated carbocycles. The zero-order valence-electron chi connectivity index (χ0n) is 5.57. The Morgan fingerprint density at radius 2 is 1.38 bits per heavy atom. The summed E-state index contributed by atoms with van der Waals surface area (Å²) >= 11 is 0. The lowest BCUT2D eigenvalue weighted by Gasteiger charge is -1.92. The van der Waals surface area contributed by atoms with E-state index in [-0.39, 0.29) is 0 Å². The van der Waals surface area contributed by atoms with E-state index >= 15 is 0 Å². The summed E-state index contributed by atoms with van der Waals surface area (Å²) in [4.78, 5) is 0. The fraction of sp³-hybridized carbons (Fsp3) is 0.667. The summed E-state index contributed by atoms with van der Waals surface area (Å²) in [5.74, 6) is 0. The van der Waals surface area contributed by atoms with Gasteiger partial charge in [-0.1, -0.05) is 0 Å². The molecule has 2 heteroatoms. The van der Waals surface area contributed by atoms with E-state index in [4.69, 9.17) is 0 Å². The molecule has 0 radical (unpaired) electrons. The van der Waals surface area contributed by atoms with Crippen LogP contribution in [0.3, 0.4) is 0 Å². The van der Waals surface area contributed by atoms with Crippen LogP contribution >= 0.6 is 0 Å². The third-order valence-corrected chi connectivity index (χ3v) is 0.727. The van der Waals surface area contributed by atoms with E-state index < -0.39 is 0 Å². The lowest BCUT2D eigenvalue weighted by atomic mass is 10.7. The SMILES string of the molecule is CCNC=CNCC. The van der Waals surface area contributed by atoms with Gasteiger partial charge in [0, 0.05) is 25.5 Å². The van der Waals surface area contributed by atoms with Crippen molar-refractivity contribution in [3.63, 3.8) is 0 Å². The Morgan fingerprint density at radius 1 is 1.00 bits per heavy atom. The molecule has 0 aliphatic rings. The van der Waals surface area contributed by atoms with Crippen molar-refractivity contribution in [3.05, 3.63) is 12.4 Å². The summed E-state index contributed by atoms with van der Waals surface area (Å²) in [5.41, 5.74) is 0. The molecule has 0 aliphatic heterocycles. The number of hydrogen-bond donors (Lipinski definition) is 2. The average molecular weight is 114 g/mol.